The van der Waals surface area contributed by atoms with Gasteiger partial charge in [-0.25, -0.2) is 19.2 Å². The SMILES string of the molecule is Clc1ccc(C2CC2c2nc3c4cnn(-c5ccccc5)c4ncn3n2)cc1. The van der Waals surface area contributed by atoms with Crippen molar-refractivity contribution in [2.45, 2.75) is 18.3 Å². The molecule has 0 bridgehead atoms. The van der Waals surface area contributed by atoms with Crippen LogP contribution < -0.4 is 0 Å². The smallest absolute Gasteiger partial charge is 0.170 e. The van der Waals surface area contributed by atoms with Gasteiger partial charge in [-0.15, -0.1) is 5.10 Å². The first-order valence-electron chi connectivity index (χ1n) is 9.18. The maximum absolute atomic E-state index is 6.00. The summed E-state index contributed by atoms with van der Waals surface area (Å²) < 4.78 is 3.59. The van der Waals surface area contributed by atoms with Crippen LogP contribution in [0, 0.1) is 0 Å². The molecule has 1 aliphatic rings. The first-order chi connectivity index (χ1) is 13.8. The maximum atomic E-state index is 6.00. The average Bonchev–Trinajstić information content (AvgIpc) is 3.21. The lowest BCUT2D eigenvalue weighted by molar-refractivity contribution is 0.843. The summed E-state index contributed by atoms with van der Waals surface area (Å²) in [6, 6.07) is 18.0. The van der Waals surface area contributed by atoms with Crippen LogP contribution in [0.4, 0.5) is 0 Å². The molecular weight excluding hydrogens is 372 g/mol. The van der Waals surface area contributed by atoms with Crippen LogP contribution in [0.2, 0.25) is 5.02 Å². The molecule has 28 heavy (non-hydrogen) atoms. The molecule has 2 unspecified atom stereocenters. The Labute approximate surface area is 165 Å². The fourth-order valence-electron chi connectivity index (χ4n) is 3.81. The van der Waals surface area contributed by atoms with E-state index >= 15 is 0 Å². The Kier molecular flexibility index (Phi) is 3.31. The van der Waals surface area contributed by atoms with Gasteiger partial charge in [0.1, 0.15) is 6.33 Å². The van der Waals surface area contributed by atoms with Crippen molar-refractivity contribution in [3.05, 3.63) is 83.5 Å². The van der Waals surface area contributed by atoms with E-state index in [1.54, 1.807) is 10.8 Å². The Hall–Kier alpha value is -3.25. The molecule has 6 nitrogen and oxygen atoms in total. The number of benzene rings is 2. The molecule has 0 saturated heterocycles. The van der Waals surface area contributed by atoms with Gasteiger partial charge in [0, 0.05) is 10.9 Å². The van der Waals surface area contributed by atoms with E-state index in [1.807, 2.05) is 53.3 Å². The van der Waals surface area contributed by atoms with E-state index in [0.29, 0.717) is 11.8 Å². The summed E-state index contributed by atoms with van der Waals surface area (Å²) in [5.41, 5.74) is 3.83. The molecule has 3 heterocycles. The molecule has 0 spiro atoms. The fourth-order valence-corrected chi connectivity index (χ4v) is 3.94. The van der Waals surface area contributed by atoms with E-state index in [0.717, 1.165) is 39.6 Å². The quantitative estimate of drug-likeness (QED) is 0.461. The normalized spacial score (nSPS) is 18.8. The number of nitrogens with zero attached hydrogens (tertiary/aromatic N) is 6. The van der Waals surface area contributed by atoms with Gasteiger partial charge in [0.2, 0.25) is 0 Å². The predicted molar refractivity (Wildman–Crippen MR) is 107 cm³/mol. The number of rotatable bonds is 3. The molecule has 1 saturated carbocycles. The number of hydrogen-bond acceptors (Lipinski definition) is 4. The number of halogens is 1. The first-order valence-corrected chi connectivity index (χ1v) is 9.55. The van der Waals surface area contributed by atoms with Crippen molar-refractivity contribution < 1.29 is 0 Å². The van der Waals surface area contributed by atoms with Gasteiger partial charge in [-0.1, -0.05) is 41.9 Å². The molecule has 136 valence electrons. The van der Waals surface area contributed by atoms with Crippen molar-refractivity contribution in [2.75, 3.05) is 0 Å². The van der Waals surface area contributed by atoms with Gasteiger partial charge < -0.3 is 0 Å². The molecule has 5 aromatic rings. The minimum atomic E-state index is 0.334. The second-order valence-electron chi connectivity index (χ2n) is 7.11. The molecule has 3 aromatic heterocycles. The molecule has 7 heteroatoms. The lowest BCUT2D eigenvalue weighted by atomic mass is 10.1. The summed E-state index contributed by atoms with van der Waals surface area (Å²) in [4.78, 5) is 9.41. The highest BCUT2D eigenvalue weighted by Gasteiger charge is 2.42. The van der Waals surface area contributed by atoms with Crippen molar-refractivity contribution >= 4 is 28.3 Å². The Balaban J connectivity index is 1.40. The molecule has 0 aliphatic heterocycles. The minimum absolute atomic E-state index is 0.334. The Morgan fingerprint density at radius 2 is 1.75 bits per heavy atom. The maximum Gasteiger partial charge on any atom is 0.170 e. The third-order valence-corrected chi connectivity index (χ3v) is 5.59. The van der Waals surface area contributed by atoms with Crippen LogP contribution in [-0.4, -0.2) is 29.4 Å². The highest BCUT2D eigenvalue weighted by atomic mass is 35.5. The van der Waals surface area contributed by atoms with Gasteiger partial charge in [-0.05, 0) is 42.2 Å². The van der Waals surface area contributed by atoms with E-state index in [2.05, 4.69) is 27.3 Å². The van der Waals surface area contributed by atoms with E-state index < -0.39 is 0 Å². The first kappa shape index (κ1) is 15.8. The third-order valence-electron chi connectivity index (χ3n) is 5.34. The summed E-state index contributed by atoms with van der Waals surface area (Å²) in [5, 5.41) is 10.9. The largest absolute Gasteiger partial charge is 0.216 e. The van der Waals surface area contributed by atoms with Crippen LogP contribution in [0.3, 0.4) is 0 Å². The number of para-hydroxylation sites is 1. The van der Waals surface area contributed by atoms with E-state index in [9.17, 15) is 0 Å². The summed E-state index contributed by atoms with van der Waals surface area (Å²) in [7, 11) is 0. The molecule has 1 fully saturated rings. The van der Waals surface area contributed by atoms with Gasteiger partial charge >= 0.3 is 0 Å². The van der Waals surface area contributed by atoms with Gasteiger partial charge in [0.05, 0.1) is 17.3 Å². The van der Waals surface area contributed by atoms with Crippen LogP contribution >= 0.6 is 11.6 Å². The Bertz CT molecular complexity index is 1310. The van der Waals surface area contributed by atoms with E-state index in [-0.39, 0.29) is 0 Å². The molecule has 2 aromatic carbocycles. The zero-order valence-electron chi connectivity index (χ0n) is 14.8. The van der Waals surface area contributed by atoms with Crippen LogP contribution in [0.5, 0.6) is 0 Å². The molecule has 2 atom stereocenters. The van der Waals surface area contributed by atoms with Crippen molar-refractivity contribution in [1.82, 2.24) is 29.4 Å². The van der Waals surface area contributed by atoms with E-state index in [4.69, 9.17) is 16.6 Å². The number of hydrogen-bond donors (Lipinski definition) is 0. The minimum Gasteiger partial charge on any atom is -0.216 e. The van der Waals surface area contributed by atoms with E-state index in [1.165, 1.54) is 5.56 Å². The van der Waals surface area contributed by atoms with Gasteiger partial charge in [-0.3, -0.25) is 0 Å². The van der Waals surface area contributed by atoms with Crippen LogP contribution in [-0.2, 0) is 0 Å². The Morgan fingerprint density at radius 1 is 0.929 bits per heavy atom. The zero-order valence-corrected chi connectivity index (χ0v) is 15.5. The standard InChI is InChI=1S/C21H15ClN6/c22-14-8-6-13(7-9-14)16-10-17(16)19-25-21-18-11-24-28(15-4-2-1-3-5-15)20(18)23-12-27(21)26-19/h1-9,11-12,16-17H,10H2. The Morgan fingerprint density at radius 3 is 2.57 bits per heavy atom. The summed E-state index contributed by atoms with van der Waals surface area (Å²) in [6.07, 6.45) is 4.58. The van der Waals surface area contributed by atoms with Crippen molar-refractivity contribution in [2.24, 2.45) is 0 Å². The van der Waals surface area contributed by atoms with Crippen LogP contribution in [0.25, 0.3) is 22.4 Å². The van der Waals surface area contributed by atoms with Gasteiger partial charge in [0.25, 0.3) is 0 Å². The molecule has 0 amide bonds. The molecule has 6 rings (SSSR count). The van der Waals surface area contributed by atoms with Gasteiger partial charge in [0.15, 0.2) is 17.1 Å². The second kappa shape index (κ2) is 5.87. The lowest BCUT2D eigenvalue weighted by Gasteiger charge is -2.01. The predicted octanol–water partition coefficient (Wildman–Crippen LogP) is 4.39. The number of aromatic nitrogens is 6. The highest BCUT2D eigenvalue weighted by molar-refractivity contribution is 6.30. The second-order valence-corrected chi connectivity index (χ2v) is 7.55. The summed E-state index contributed by atoms with van der Waals surface area (Å²) >= 11 is 6.00. The molecule has 0 N–H and O–H groups in total. The number of fused-ring (bicyclic) bond motifs is 3. The summed E-state index contributed by atoms with van der Waals surface area (Å²) in [6.45, 7) is 0. The average molecular weight is 387 g/mol. The van der Waals surface area contributed by atoms with Crippen molar-refractivity contribution in [1.29, 1.82) is 0 Å². The molecular formula is C21H15ClN6. The highest BCUT2D eigenvalue weighted by Crippen LogP contribution is 2.53. The monoisotopic (exact) mass is 386 g/mol. The third kappa shape index (κ3) is 2.42. The fraction of sp³-hybridized carbons (Fsp3) is 0.143. The lowest BCUT2D eigenvalue weighted by Crippen LogP contribution is -1.98. The topological polar surface area (TPSA) is 60.9 Å². The van der Waals surface area contributed by atoms with Gasteiger partial charge in [-0.2, -0.15) is 5.10 Å². The molecule has 0 radical (unpaired) electrons. The zero-order chi connectivity index (χ0) is 18.7. The van der Waals surface area contributed by atoms with Crippen molar-refractivity contribution in [3.63, 3.8) is 0 Å². The van der Waals surface area contributed by atoms with Crippen LogP contribution in [0.1, 0.15) is 29.6 Å². The van der Waals surface area contributed by atoms with Crippen molar-refractivity contribution in [3.8, 4) is 5.69 Å². The van der Waals surface area contributed by atoms with Crippen LogP contribution in [0.15, 0.2) is 67.1 Å². The molecule has 1 aliphatic carbocycles. The summed E-state index contributed by atoms with van der Waals surface area (Å²) in [5.74, 6) is 1.65.